The van der Waals surface area contributed by atoms with Crippen LogP contribution in [0.5, 0.6) is 11.5 Å². The molecule has 0 aliphatic rings. The first-order chi connectivity index (χ1) is 11.4. The Morgan fingerprint density at radius 2 is 1.62 bits per heavy atom. The molecule has 4 nitrogen and oxygen atoms in total. The number of hydrogen-bond donors (Lipinski definition) is 1. The van der Waals surface area contributed by atoms with Gasteiger partial charge >= 0.3 is 0 Å². The van der Waals surface area contributed by atoms with Gasteiger partial charge in [0.05, 0.1) is 7.11 Å². The maximum atomic E-state index is 12.4. The fourth-order valence-corrected chi connectivity index (χ4v) is 2.50. The summed E-state index contributed by atoms with van der Waals surface area (Å²) in [5.41, 5.74) is 0.835. The van der Waals surface area contributed by atoms with Crippen molar-refractivity contribution in [1.29, 1.82) is 0 Å². The lowest BCUT2D eigenvalue weighted by atomic mass is 9.94. The molecule has 4 heteroatoms. The fourth-order valence-electron chi connectivity index (χ4n) is 2.50. The molecule has 2 aromatic carbocycles. The number of hydrogen-bond acceptors (Lipinski definition) is 3. The van der Waals surface area contributed by atoms with Crippen LogP contribution in [0.4, 0.5) is 0 Å². The standard InChI is InChI=1S/C20H25NO3/c1-15(24-18-12-10-17(23-4)11-13-18)19(22)21-20(2,3)14-16-8-6-5-7-9-16/h5-13,15H,14H2,1-4H3,(H,21,22). The molecule has 24 heavy (non-hydrogen) atoms. The minimum atomic E-state index is -0.576. The van der Waals surface area contributed by atoms with Gasteiger partial charge < -0.3 is 14.8 Å². The van der Waals surface area contributed by atoms with E-state index >= 15 is 0 Å². The molecule has 0 spiro atoms. The van der Waals surface area contributed by atoms with E-state index in [0.717, 1.165) is 12.2 Å². The number of amides is 1. The Kier molecular flexibility index (Phi) is 5.85. The van der Waals surface area contributed by atoms with Crippen LogP contribution >= 0.6 is 0 Å². The van der Waals surface area contributed by atoms with Crippen LogP contribution in [0.25, 0.3) is 0 Å². The van der Waals surface area contributed by atoms with Gasteiger partial charge in [-0.2, -0.15) is 0 Å². The van der Waals surface area contributed by atoms with E-state index in [-0.39, 0.29) is 11.4 Å². The summed E-state index contributed by atoms with van der Waals surface area (Å²) in [4.78, 5) is 12.4. The summed E-state index contributed by atoms with van der Waals surface area (Å²) in [6.45, 7) is 5.77. The molecule has 0 bridgehead atoms. The number of ether oxygens (including phenoxy) is 2. The van der Waals surface area contributed by atoms with Crippen LogP contribution in [-0.2, 0) is 11.2 Å². The highest BCUT2D eigenvalue weighted by molar-refractivity contribution is 5.81. The third kappa shape index (κ3) is 5.30. The monoisotopic (exact) mass is 327 g/mol. The molecule has 0 fully saturated rings. The fraction of sp³-hybridized carbons (Fsp3) is 0.350. The van der Waals surface area contributed by atoms with E-state index in [2.05, 4.69) is 17.4 Å². The van der Waals surface area contributed by atoms with Crippen molar-refractivity contribution in [2.75, 3.05) is 7.11 Å². The Labute approximate surface area is 143 Å². The van der Waals surface area contributed by atoms with Crippen molar-refractivity contribution in [3.8, 4) is 11.5 Å². The largest absolute Gasteiger partial charge is 0.497 e. The Morgan fingerprint density at radius 1 is 1.04 bits per heavy atom. The summed E-state index contributed by atoms with van der Waals surface area (Å²) in [6, 6.07) is 17.3. The summed E-state index contributed by atoms with van der Waals surface area (Å²) in [6.07, 6.45) is 0.183. The lowest BCUT2D eigenvalue weighted by molar-refractivity contribution is -0.128. The van der Waals surface area contributed by atoms with Crippen molar-refractivity contribution < 1.29 is 14.3 Å². The van der Waals surface area contributed by atoms with Crippen molar-refractivity contribution in [2.24, 2.45) is 0 Å². The topological polar surface area (TPSA) is 47.6 Å². The molecule has 1 N–H and O–H groups in total. The average molecular weight is 327 g/mol. The Bertz CT molecular complexity index is 650. The Morgan fingerprint density at radius 3 is 2.21 bits per heavy atom. The molecule has 0 aliphatic heterocycles. The molecule has 128 valence electrons. The average Bonchev–Trinajstić information content (AvgIpc) is 2.55. The SMILES string of the molecule is COc1ccc(OC(C)C(=O)NC(C)(C)Cc2ccccc2)cc1. The highest BCUT2D eigenvalue weighted by Gasteiger charge is 2.24. The molecular formula is C20H25NO3. The van der Waals surface area contributed by atoms with Crippen molar-refractivity contribution >= 4 is 5.91 Å². The van der Waals surface area contributed by atoms with Gasteiger partial charge in [0.1, 0.15) is 11.5 Å². The van der Waals surface area contributed by atoms with Gasteiger partial charge in [-0.05, 0) is 57.0 Å². The first-order valence-corrected chi connectivity index (χ1v) is 8.06. The zero-order chi connectivity index (χ0) is 17.6. The van der Waals surface area contributed by atoms with Crippen LogP contribution < -0.4 is 14.8 Å². The number of benzene rings is 2. The molecule has 0 aromatic heterocycles. The Hall–Kier alpha value is -2.49. The smallest absolute Gasteiger partial charge is 0.261 e. The van der Waals surface area contributed by atoms with Crippen molar-refractivity contribution in [3.63, 3.8) is 0 Å². The molecule has 1 unspecified atom stereocenters. The summed E-state index contributed by atoms with van der Waals surface area (Å²) in [5.74, 6) is 1.26. The van der Waals surface area contributed by atoms with Crippen LogP contribution in [0.3, 0.4) is 0 Å². The number of rotatable bonds is 7. The highest BCUT2D eigenvalue weighted by atomic mass is 16.5. The minimum absolute atomic E-state index is 0.133. The van der Waals surface area contributed by atoms with Gasteiger partial charge in [0.25, 0.3) is 5.91 Å². The molecule has 0 heterocycles. The number of carbonyl (C=O) groups is 1. The van der Waals surface area contributed by atoms with Gasteiger partial charge in [-0.1, -0.05) is 30.3 Å². The van der Waals surface area contributed by atoms with Crippen LogP contribution in [-0.4, -0.2) is 24.7 Å². The normalized spacial score (nSPS) is 12.3. The molecule has 1 amide bonds. The van der Waals surface area contributed by atoms with E-state index in [1.54, 1.807) is 38.3 Å². The van der Waals surface area contributed by atoms with Crippen LogP contribution in [0.1, 0.15) is 26.3 Å². The van der Waals surface area contributed by atoms with E-state index in [1.165, 1.54) is 5.56 Å². The minimum Gasteiger partial charge on any atom is -0.497 e. The van der Waals surface area contributed by atoms with Gasteiger partial charge in [0, 0.05) is 5.54 Å². The molecule has 0 aliphatic carbocycles. The van der Waals surface area contributed by atoms with E-state index in [1.807, 2.05) is 32.0 Å². The second-order valence-electron chi connectivity index (χ2n) is 6.47. The molecular weight excluding hydrogens is 302 g/mol. The molecule has 2 aromatic rings. The number of carbonyl (C=O) groups excluding carboxylic acids is 1. The predicted octanol–water partition coefficient (Wildman–Crippen LogP) is 3.60. The van der Waals surface area contributed by atoms with E-state index in [0.29, 0.717) is 5.75 Å². The third-order valence-corrected chi connectivity index (χ3v) is 3.69. The zero-order valence-corrected chi connectivity index (χ0v) is 14.7. The summed E-state index contributed by atoms with van der Waals surface area (Å²) in [5, 5.41) is 3.06. The highest BCUT2D eigenvalue weighted by Crippen LogP contribution is 2.19. The Balaban J connectivity index is 1.92. The zero-order valence-electron chi connectivity index (χ0n) is 14.7. The van der Waals surface area contributed by atoms with Crippen LogP contribution in [0.15, 0.2) is 54.6 Å². The molecule has 1 atom stereocenters. The summed E-state index contributed by atoms with van der Waals surface area (Å²) < 4.78 is 10.8. The van der Waals surface area contributed by atoms with E-state index in [4.69, 9.17) is 9.47 Å². The molecule has 2 rings (SSSR count). The maximum absolute atomic E-state index is 12.4. The lowest BCUT2D eigenvalue weighted by Crippen LogP contribution is -2.49. The predicted molar refractivity (Wildman–Crippen MR) is 95.5 cm³/mol. The van der Waals surface area contributed by atoms with Gasteiger partial charge in [-0.3, -0.25) is 4.79 Å². The van der Waals surface area contributed by atoms with Gasteiger partial charge in [0.2, 0.25) is 0 Å². The van der Waals surface area contributed by atoms with Crippen molar-refractivity contribution in [3.05, 3.63) is 60.2 Å². The quantitative estimate of drug-likeness (QED) is 0.845. The lowest BCUT2D eigenvalue weighted by Gasteiger charge is -2.28. The molecule has 0 saturated heterocycles. The number of nitrogens with one attached hydrogen (secondary N) is 1. The van der Waals surface area contributed by atoms with E-state index in [9.17, 15) is 4.79 Å². The van der Waals surface area contributed by atoms with Crippen LogP contribution in [0, 0.1) is 0 Å². The molecule has 0 radical (unpaired) electrons. The van der Waals surface area contributed by atoms with E-state index < -0.39 is 6.10 Å². The first kappa shape index (κ1) is 17.9. The second kappa shape index (κ2) is 7.86. The molecule has 0 saturated carbocycles. The first-order valence-electron chi connectivity index (χ1n) is 8.06. The maximum Gasteiger partial charge on any atom is 0.261 e. The van der Waals surface area contributed by atoms with Crippen molar-refractivity contribution in [2.45, 2.75) is 38.8 Å². The summed E-state index contributed by atoms with van der Waals surface area (Å²) in [7, 11) is 1.61. The van der Waals surface area contributed by atoms with Gasteiger partial charge in [-0.15, -0.1) is 0 Å². The van der Waals surface area contributed by atoms with Crippen molar-refractivity contribution in [1.82, 2.24) is 5.32 Å². The number of methoxy groups -OCH3 is 1. The summed E-state index contributed by atoms with van der Waals surface area (Å²) >= 11 is 0. The van der Waals surface area contributed by atoms with Gasteiger partial charge in [0.15, 0.2) is 6.10 Å². The second-order valence-corrected chi connectivity index (χ2v) is 6.47. The third-order valence-electron chi connectivity index (χ3n) is 3.69. The van der Waals surface area contributed by atoms with Crippen LogP contribution in [0.2, 0.25) is 0 Å². The van der Waals surface area contributed by atoms with Gasteiger partial charge in [-0.25, -0.2) is 0 Å².